The smallest absolute Gasteiger partial charge is 0.325 e. The Balaban J connectivity index is 1.69. The lowest BCUT2D eigenvalue weighted by molar-refractivity contribution is -0.148. The van der Waals surface area contributed by atoms with Crippen molar-refractivity contribution in [2.24, 2.45) is 11.8 Å². The Labute approximate surface area is 214 Å². The van der Waals surface area contributed by atoms with Gasteiger partial charge in [0.05, 0.1) is 17.5 Å². The lowest BCUT2D eigenvalue weighted by Crippen LogP contribution is -2.57. The second kappa shape index (κ2) is 8.87. The van der Waals surface area contributed by atoms with E-state index >= 15 is 0 Å². The lowest BCUT2D eigenvalue weighted by atomic mass is 9.76. The number of imide groups is 1. The quantitative estimate of drug-likeness (QED) is 0.490. The molecule has 4 atom stereocenters. The predicted octanol–water partition coefficient (Wildman–Crippen LogP) is 4.78. The highest BCUT2D eigenvalue weighted by Crippen LogP contribution is 2.51. The number of hydrogen-bond donors (Lipinski definition) is 2. The summed E-state index contributed by atoms with van der Waals surface area (Å²) in [7, 11) is 0. The van der Waals surface area contributed by atoms with Crippen molar-refractivity contribution >= 4 is 35.1 Å². The summed E-state index contributed by atoms with van der Waals surface area (Å²) in [5.74, 6) is -4.06. The minimum absolute atomic E-state index is 0.0627. The Morgan fingerprint density at radius 3 is 2.33 bits per heavy atom. The van der Waals surface area contributed by atoms with Gasteiger partial charge in [0.1, 0.15) is 5.54 Å². The number of nitrogens with zero attached hydrogens (tertiary/aromatic N) is 1. The van der Waals surface area contributed by atoms with Gasteiger partial charge in [-0.25, -0.2) is 4.90 Å². The molecule has 0 bridgehead atoms. The van der Waals surface area contributed by atoms with Crippen LogP contribution in [0.3, 0.4) is 0 Å². The number of amides is 2. The maximum atomic E-state index is 14.0. The number of benzene rings is 3. The van der Waals surface area contributed by atoms with E-state index < -0.39 is 41.2 Å². The Morgan fingerprint density at radius 2 is 1.67 bits per heavy atom. The summed E-state index contributed by atoms with van der Waals surface area (Å²) in [6, 6.07) is 19.5. The lowest BCUT2D eigenvalue weighted by Gasteiger charge is -2.31. The normalized spacial score (nSPS) is 25.3. The average Bonchev–Trinajstić information content (AvgIpc) is 3.32. The molecule has 0 aliphatic carbocycles. The molecule has 3 aromatic rings. The van der Waals surface area contributed by atoms with E-state index in [1.807, 2.05) is 69.3 Å². The van der Waals surface area contributed by atoms with Crippen molar-refractivity contribution in [3.05, 3.63) is 99.6 Å². The molecule has 6 nitrogen and oxygen atoms in total. The van der Waals surface area contributed by atoms with Crippen LogP contribution in [0, 0.1) is 32.6 Å². The number of carbonyl (C=O) groups excluding carboxylic acids is 2. The van der Waals surface area contributed by atoms with Gasteiger partial charge in [0.2, 0.25) is 11.8 Å². The average molecular weight is 503 g/mol. The first kappa shape index (κ1) is 24.2. The zero-order valence-electron chi connectivity index (χ0n) is 20.3. The zero-order chi connectivity index (χ0) is 25.8. The van der Waals surface area contributed by atoms with E-state index in [4.69, 9.17) is 11.6 Å². The van der Waals surface area contributed by atoms with E-state index in [9.17, 15) is 19.5 Å². The number of aryl methyl sites for hydroxylation is 3. The van der Waals surface area contributed by atoms with Crippen LogP contribution in [0.25, 0.3) is 0 Å². The van der Waals surface area contributed by atoms with E-state index in [-0.39, 0.29) is 6.42 Å². The Kier molecular flexibility index (Phi) is 5.97. The third kappa shape index (κ3) is 3.72. The molecule has 7 heteroatoms. The summed E-state index contributed by atoms with van der Waals surface area (Å²) in [6.45, 7) is 5.72. The van der Waals surface area contributed by atoms with Crippen LogP contribution in [0.5, 0.6) is 0 Å². The number of hydrogen-bond acceptors (Lipinski definition) is 4. The Hall–Kier alpha value is -3.48. The summed E-state index contributed by atoms with van der Waals surface area (Å²) >= 11 is 6.33. The van der Waals surface area contributed by atoms with Crippen LogP contribution in [0.4, 0.5) is 5.69 Å². The highest BCUT2D eigenvalue weighted by molar-refractivity contribution is 6.32. The van der Waals surface area contributed by atoms with Crippen LogP contribution < -0.4 is 10.2 Å². The topological polar surface area (TPSA) is 86.7 Å². The van der Waals surface area contributed by atoms with Crippen LogP contribution in [-0.2, 0) is 20.8 Å². The first-order valence-electron chi connectivity index (χ1n) is 11.9. The number of carboxylic acid groups (broad SMARTS) is 1. The second-order valence-electron chi connectivity index (χ2n) is 9.87. The van der Waals surface area contributed by atoms with Gasteiger partial charge in [0.15, 0.2) is 0 Å². The van der Waals surface area contributed by atoms with Crippen molar-refractivity contribution in [1.82, 2.24) is 5.32 Å². The SMILES string of the molecule is Cc1ccc(C)c(C2NC(Cc3ccccc3)(C(=O)O)C3C(=O)N(c4ccc(C)c(Cl)c4)C(=O)C23)c1. The number of fused-ring (bicyclic) bond motifs is 1. The predicted molar refractivity (Wildman–Crippen MR) is 138 cm³/mol. The van der Waals surface area contributed by atoms with E-state index in [2.05, 4.69) is 5.32 Å². The van der Waals surface area contributed by atoms with Crippen molar-refractivity contribution in [2.45, 2.75) is 38.8 Å². The number of carboxylic acids is 1. The molecule has 4 unspecified atom stereocenters. The minimum Gasteiger partial charge on any atom is -0.480 e. The first-order valence-corrected chi connectivity index (χ1v) is 12.3. The molecule has 2 N–H and O–H groups in total. The van der Waals surface area contributed by atoms with Crippen molar-refractivity contribution in [3.63, 3.8) is 0 Å². The van der Waals surface area contributed by atoms with Gasteiger partial charge in [-0.15, -0.1) is 0 Å². The number of halogens is 1. The molecular formula is C29H27ClN2O4. The Bertz CT molecular complexity index is 1390. The molecule has 0 radical (unpaired) electrons. The summed E-state index contributed by atoms with van der Waals surface area (Å²) in [4.78, 5) is 42.1. The molecule has 0 aromatic heterocycles. The zero-order valence-corrected chi connectivity index (χ0v) is 21.0. The number of rotatable bonds is 5. The van der Waals surface area contributed by atoms with E-state index in [0.717, 1.165) is 32.7 Å². The third-order valence-corrected chi connectivity index (χ3v) is 7.95. The standard InChI is InChI=1S/C29H27ClN2O4/c1-16-9-10-17(2)21(13-16)25-23-24(29(31-25,28(35)36)15-19-7-5-4-6-8-19)27(34)32(26(23)33)20-12-11-18(3)22(30)14-20/h4-14,23-25,31H,15H2,1-3H3,(H,35,36). The number of carbonyl (C=O) groups is 3. The molecule has 2 aliphatic rings. The van der Waals surface area contributed by atoms with Crippen LogP contribution in [0.2, 0.25) is 5.02 Å². The molecule has 36 heavy (non-hydrogen) atoms. The summed E-state index contributed by atoms with van der Waals surface area (Å²) < 4.78 is 0. The first-order chi connectivity index (χ1) is 17.1. The van der Waals surface area contributed by atoms with Crippen LogP contribution >= 0.6 is 11.6 Å². The minimum atomic E-state index is -1.66. The summed E-state index contributed by atoms with van der Waals surface area (Å²) in [5.41, 5.74) is 3.02. The van der Waals surface area contributed by atoms with Crippen molar-refractivity contribution in [1.29, 1.82) is 0 Å². The molecule has 2 saturated heterocycles. The van der Waals surface area contributed by atoms with Crippen LogP contribution in [0.1, 0.15) is 33.9 Å². The number of nitrogens with one attached hydrogen (secondary N) is 1. The van der Waals surface area contributed by atoms with Crippen molar-refractivity contribution in [3.8, 4) is 0 Å². The molecule has 2 fully saturated rings. The number of aliphatic carboxylic acids is 1. The summed E-state index contributed by atoms with van der Waals surface area (Å²) in [5, 5.41) is 14.4. The maximum absolute atomic E-state index is 14.0. The molecule has 5 rings (SSSR count). The molecule has 0 saturated carbocycles. The highest BCUT2D eigenvalue weighted by atomic mass is 35.5. The van der Waals surface area contributed by atoms with E-state index in [0.29, 0.717) is 10.7 Å². The van der Waals surface area contributed by atoms with Gasteiger partial charge in [0.25, 0.3) is 0 Å². The van der Waals surface area contributed by atoms with E-state index in [1.165, 1.54) is 0 Å². The van der Waals surface area contributed by atoms with Gasteiger partial charge in [-0.2, -0.15) is 0 Å². The van der Waals surface area contributed by atoms with Gasteiger partial charge >= 0.3 is 5.97 Å². The third-order valence-electron chi connectivity index (χ3n) is 7.55. The maximum Gasteiger partial charge on any atom is 0.325 e. The monoisotopic (exact) mass is 502 g/mol. The van der Waals surface area contributed by atoms with Crippen molar-refractivity contribution in [2.75, 3.05) is 4.90 Å². The van der Waals surface area contributed by atoms with Crippen molar-refractivity contribution < 1.29 is 19.5 Å². The fourth-order valence-corrected chi connectivity index (χ4v) is 5.87. The number of anilines is 1. The largest absolute Gasteiger partial charge is 0.480 e. The fraction of sp³-hybridized carbons (Fsp3) is 0.276. The molecule has 0 spiro atoms. The molecule has 2 heterocycles. The van der Waals surface area contributed by atoms with E-state index in [1.54, 1.807) is 18.2 Å². The fourth-order valence-electron chi connectivity index (χ4n) is 5.69. The second-order valence-corrected chi connectivity index (χ2v) is 10.3. The van der Waals surface area contributed by atoms with Crippen LogP contribution in [-0.4, -0.2) is 28.4 Å². The van der Waals surface area contributed by atoms with Gasteiger partial charge in [-0.05, 0) is 55.2 Å². The Morgan fingerprint density at radius 1 is 0.972 bits per heavy atom. The van der Waals surface area contributed by atoms with Gasteiger partial charge < -0.3 is 5.11 Å². The molecule has 2 amide bonds. The molecule has 3 aromatic carbocycles. The van der Waals surface area contributed by atoms with Gasteiger partial charge in [0, 0.05) is 17.5 Å². The van der Waals surface area contributed by atoms with Gasteiger partial charge in [-0.3, -0.25) is 19.7 Å². The summed E-state index contributed by atoms with van der Waals surface area (Å²) in [6.07, 6.45) is 0.0627. The molecule has 184 valence electrons. The van der Waals surface area contributed by atoms with Gasteiger partial charge in [-0.1, -0.05) is 71.8 Å². The molecular weight excluding hydrogens is 476 g/mol. The highest BCUT2D eigenvalue weighted by Gasteiger charge is 2.68. The molecule has 2 aliphatic heterocycles. The van der Waals surface area contributed by atoms with Crippen LogP contribution in [0.15, 0.2) is 66.7 Å².